The van der Waals surface area contributed by atoms with E-state index in [0.29, 0.717) is 12.6 Å². The molecule has 0 amide bonds. The van der Waals surface area contributed by atoms with E-state index in [2.05, 4.69) is 18.7 Å². The second-order valence-corrected chi connectivity index (χ2v) is 5.24. The van der Waals surface area contributed by atoms with Crippen molar-refractivity contribution < 1.29 is 4.39 Å². The van der Waals surface area contributed by atoms with Gasteiger partial charge >= 0.3 is 0 Å². The first kappa shape index (κ1) is 12.5. The summed E-state index contributed by atoms with van der Waals surface area (Å²) in [5.41, 5.74) is 7.76. The molecule has 2 atom stereocenters. The van der Waals surface area contributed by atoms with Crippen molar-refractivity contribution in [3.8, 4) is 0 Å². The van der Waals surface area contributed by atoms with Gasteiger partial charge in [0.05, 0.1) is 0 Å². The second-order valence-electron chi connectivity index (χ2n) is 5.24. The van der Waals surface area contributed by atoms with Crippen LogP contribution >= 0.6 is 0 Å². The van der Waals surface area contributed by atoms with Gasteiger partial charge in [-0.25, -0.2) is 4.39 Å². The maximum atomic E-state index is 13.1. The number of hydrogen-bond donors (Lipinski definition) is 1. The Hall–Kier alpha value is -0.930. The Labute approximate surface area is 103 Å². The Balaban J connectivity index is 2.13. The van der Waals surface area contributed by atoms with Crippen LogP contribution in [0.5, 0.6) is 0 Å². The summed E-state index contributed by atoms with van der Waals surface area (Å²) in [6, 6.07) is 5.56. The molecule has 0 radical (unpaired) electrons. The third-order valence-corrected chi connectivity index (χ3v) is 3.67. The molecule has 1 saturated heterocycles. The first-order chi connectivity index (χ1) is 8.10. The van der Waals surface area contributed by atoms with Crippen molar-refractivity contribution in [3.05, 3.63) is 35.1 Å². The molecule has 2 N–H and O–H groups in total. The molecule has 2 rings (SSSR count). The van der Waals surface area contributed by atoms with Gasteiger partial charge in [-0.2, -0.15) is 0 Å². The summed E-state index contributed by atoms with van der Waals surface area (Å²) >= 11 is 0. The van der Waals surface area contributed by atoms with Gasteiger partial charge in [-0.05, 0) is 42.5 Å². The minimum atomic E-state index is -0.197. The van der Waals surface area contributed by atoms with Gasteiger partial charge in [0.1, 0.15) is 5.82 Å². The van der Waals surface area contributed by atoms with E-state index >= 15 is 0 Å². The summed E-state index contributed by atoms with van der Waals surface area (Å²) in [5.74, 6) is 0.559. The van der Waals surface area contributed by atoms with E-state index < -0.39 is 0 Å². The summed E-state index contributed by atoms with van der Waals surface area (Å²) in [5, 5.41) is 0. The van der Waals surface area contributed by atoms with Crippen LogP contribution in [0, 0.1) is 11.7 Å². The minimum Gasteiger partial charge on any atom is -0.326 e. The Morgan fingerprint density at radius 1 is 1.35 bits per heavy atom. The zero-order chi connectivity index (χ0) is 12.4. The molecule has 0 aromatic heterocycles. The van der Waals surface area contributed by atoms with Crippen LogP contribution in [0.25, 0.3) is 0 Å². The third kappa shape index (κ3) is 2.85. The summed E-state index contributed by atoms with van der Waals surface area (Å²) in [6.45, 7) is 6.96. The zero-order valence-corrected chi connectivity index (χ0v) is 10.6. The zero-order valence-electron chi connectivity index (χ0n) is 10.6. The topological polar surface area (TPSA) is 29.3 Å². The van der Waals surface area contributed by atoms with Crippen LogP contribution in [0.15, 0.2) is 18.2 Å². The molecule has 1 fully saturated rings. The highest BCUT2D eigenvalue weighted by molar-refractivity contribution is 5.28. The van der Waals surface area contributed by atoms with Crippen LogP contribution in [0.3, 0.4) is 0 Å². The van der Waals surface area contributed by atoms with E-state index in [1.807, 2.05) is 6.07 Å². The molecular formula is C14H21FN2. The van der Waals surface area contributed by atoms with Gasteiger partial charge in [-0.3, -0.25) is 4.90 Å². The van der Waals surface area contributed by atoms with Crippen molar-refractivity contribution >= 4 is 0 Å². The molecule has 17 heavy (non-hydrogen) atoms. The van der Waals surface area contributed by atoms with Crippen LogP contribution in [0.2, 0.25) is 0 Å². The maximum Gasteiger partial charge on any atom is 0.123 e. The average molecular weight is 236 g/mol. The summed E-state index contributed by atoms with van der Waals surface area (Å²) < 4.78 is 13.1. The van der Waals surface area contributed by atoms with Crippen LogP contribution in [0.4, 0.5) is 4.39 Å². The predicted molar refractivity (Wildman–Crippen MR) is 67.9 cm³/mol. The van der Waals surface area contributed by atoms with Gasteiger partial charge in [0, 0.05) is 25.7 Å². The number of hydrogen-bond acceptors (Lipinski definition) is 2. The highest BCUT2D eigenvalue weighted by atomic mass is 19.1. The number of halogens is 1. The Morgan fingerprint density at radius 3 is 2.71 bits per heavy atom. The largest absolute Gasteiger partial charge is 0.326 e. The Morgan fingerprint density at radius 2 is 2.12 bits per heavy atom. The molecule has 94 valence electrons. The second kappa shape index (κ2) is 5.15. The van der Waals surface area contributed by atoms with Crippen LogP contribution < -0.4 is 5.73 Å². The lowest BCUT2D eigenvalue weighted by atomic mass is 10.1. The molecule has 0 saturated carbocycles. The molecule has 0 bridgehead atoms. The van der Waals surface area contributed by atoms with E-state index in [4.69, 9.17) is 5.73 Å². The number of nitrogens with zero attached hydrogens (tertiary/aromatic N) is 1. The van der Waals surface area contributed by atoms with E-state index in [1.54, 1.807) is 6.07 Å². The van der Waals surface area contributed by atoms with Gasteiger partial charge in [0.2, 0.25) is 0 Å². The molecular weight excluding hydrogens is 215 g/mol. The molecule has 0 aliphatic carbocycles. The van der Waals surface area contributed by atoms with Crippen molar-refractivity contribution in [1.82, 2.24) is 4.90 Å². The first-order valence-corrected chi connectivity index (χ1v) is 6.31. The van der Waals surface area contributed by atoms with Crippen LogP contribution in [-0.4, -0.2) is 17.5 Å². The SMILES string of the molecule is CC1CC(C)N(Cc2ccc(F)cc2CN)C1. The van der Waals surface area contributed by atoms with Gasteiger partial charge < -0.3 is 5.73 Å². The van der Waals surface area contributed by atoms with Crippen molar-refractivity contribution in [2.45, 2.75) is 39.4 Å². The maximum absolute atomic E-state index is 13.1. The van der Waals surface area contributed by atoms with Gasteiger partial charge in [0.25, 0.3) is 0 Å². The average Bonchev–Trinajstić information content (AvgIpc) is 2.60. The van der Waals surface area contributed by atoms with Crippen molar-refractivity contribution in [2.75, 3.05) is 6.54 Å². The number of benzene rings is 1. The molecule has 2 unspecified atom stereocenters. The first-order valence-electron chi connectivity index (χ1n) is 6.31. The summed E-state index contributed by atoms with van der Waals surface area (Å²) in [4.78, 5) is 2.46. The summed E-state index contributed by atoms with van der Waals surface area (Å²) in [7, 11) is 0. The molecule has 1 aromatic carbocycles. The molecule has 1 aliphatic rings. The molecule has 1 aromatic rings. The van der Waals surface area contributed by atoms with Gasteiger partial charge in [-0.15, -0.1) is 0 Å². The fourth-order valence-corrected chi connectivity index (χ4v) is 2.76. The highest BCUT2D eigenvalue weighted by Crippen LogP contribution is 2.25. The number of rotatable bonds is 3. The minimum absolute atomic E-state index is 0.197. The van der Waals surface area contributed by atoms with E-state index in [-0.39, 0.29) is 5.82 Å². The normalized spacial score (nSPS) is 25.4. The highest BCUT2D eigenvalue weighted by Gasteiger charge is 2.26. The Bertz CT molecular complexity index is 392. The van der Waals surface area contributed by atoms with Crippen LogP contribution in [-0.2, 0) is 13.1 Å². The number of nitrogens with two attached hydrogens (primary N) is 1. The lowest BCUT2D eigenvalue weighted by Gasteiger charge is -2.22. The lowest BCUT2D eigenvalue weighted by molar-refractivity contribution is 0.256. The fourth-order valence-electron chi connectivity index (χ4n) is 2.76. The molecule has 2 nitrogen and oxygen atoms in total. The third-order valence-electron chi connectivity index (χ3n) is 3.67. The smallest absolute Gasteiger partial charge is 0.123 e. The predicted octanol–water partition coefficient (Wildman–Crippen LogP) is 2.51. The lowest BCUT2D eigenvalue weighted by Crippen LogP contribution is -2.27. The van der Waals surface area contributed by atoms with E-state index in [1.165, 1.54) is 12.5 Å². The van der Waals surface area contributed by atoms with E-state index in [9.17, 15) is 4.39 Å². The summed E-state index contributed by atoms with van der Waals surface area (Å²) in [6.07, 6.45) is 1.25. The van der Waals surface area contributed by atoms with Crippen molar-refractivity contribution in [1.29, 1.82) is 0 Å². The molecule has 0 spiro atoms. The standard InChI is InChI=1S/C14H21FN2/c1-10-5-11(2)17(8-10)9-12-3-4-14(15)6-13(12)7-16/h3-4,6,10-11H,5,7-9,16H2,1-2H3. The Kier molecular flexibility index (Phi) is 3.79. The quantitative estimate of drug-likeness (QED) is 0.873. The monoisotopic (exact) mass is 236 g/mol. The van der Waals surface area contributed by atoms with E-state index in [0.717, 1.165) is 30.1 Å². The number of likely N-dealkylation sites (tertiary alicyclic amines) is 1. The van der Waals surface area contributed by atoms with Crippen molar-refractivity contribution in [2.24, 2.45) is 11.7 Å². The van der Waals surface area contributed by atoms with Gasteiger partial charge in [-0.1, -0.05) is 13.0 Å². The van der Waals surface area contributed by atoms with Crippen molar-refractivity contribution in [3.63, 3.8) is 0 Å². The van der Waals surface area contributed by atoms with Crippen LogP contribution in [0.1, 0.15) is 31.4 Å². The molecule has 1 heterocycles. The van der Waals surface area contributed by atoms with Gasteiger partial charge in [0.15, 0.2) is 0 Å². The fraction of sp³-hybridized carbons (Fsp3) is 0.571. The molecule has 3 heteroatoms. The molecule has 1 aliphatic heterocycles.